The van der Waals surface area contributed by atoms with Gasteiger partial charge in [-0.3, -0.25) is 4.79 Å². The summed E-state index contributed by atoms with van der Waals surface area (Å²) in [7, 11) is 0. The molecular formula is C10H18N2O. The molecule has 2 bridgehead atoms. The van der Waals surface area contributed by atoms with Gasteiger partial charge in [0.2, 0.25) is 5.91 Å². The standard InChI is InChI=1S/C10H18N2O/c1-6(2)10(13)12-9-5-7-3-4-8(9)11-7/h6-9,11H,3-5H2,1-2H3,(H,12,13)/t7-,8-,9-/m1/s1. The quantitative estimate of drug-likeness (QED) is 0.658. The summed E-state index contributed by atoms with van der Waals surface area (Å²) >= 11 is 0. The lowest BCUT2D eigenvalue weighted by Gasteiger charge is -2.22. The minimum absolute atomic E-state index is 0.110. The van der Waals surface area contributed by atoms with Gasteiger partial charge in [-0.1, -0.05) is 13.8 Å². The van der Waals surface area contributed by atoms with E-state index in [0.29, 0.717) is 18.1 Å². The van der Waals surface area contributed by atoms with Crippen molar-refractivity contribution in [2.45, 2.75) is 51.2 Å². The molecule has 0 radical (unpaired) electrons. The van der Waals surface area contributed by atoms with Crippen LogP contribution in [-0.4, -0.2) is 24.0 Å². The smallest absolute Gasteiger partial charge is 0.222 e. The van der Waals surface area contributed by atoms with Gasteiger partial charge in [-0.15, -0.1) is 0 Å². The second kappa shape index (κ2) is 3.29. The van der Waals surface area contributed by atoms with Gasteiger partial charge >= 0.3 is 0 Å². The first-order valence-electron chi connectivity index (χ1n) is 5.23. The van der Waals surface area contributed by atoms with Gasteiger partial charge in [0.05, 0.1) is 0 Å². The topological polar surface area (TPSA) is 41.1 Å². The Labute approximate surface area is 79.3 Å². The molecular weight excluding hydrogens is 164 g/mol. The van der Waals surface area contributed by atoms with Crippen LogP contribution in [-0.2, 0) is 4.79 Å². The number of nitrogens with one attached hydrogen (secondary N) is 2. The van der Waals surface area contributed by atoms with E-state index in [1.165, 1.54) is 12.8 Å². The fourth-order valence-corrected chi connectivity index (χ4v) is 2.33. The van der Waals surface area contributed by atoms with Crippen LogP contribution in [0.4, 0.5) is 0 Å². The number of carbonyl (C=O) groups excluding carboxylic acids is 1. The molecule has 0 aromatic carbocycles. The number of carbonyl (C=O) groups is 1. The maximum Gasteiger partial charge on any atom is 0.222 e. The van der Waals surface area contributed by atoms with Gasteiger partial charge in [0.25, 0.3) is 0 Å². The molecule has 0 unspecified atom stereocenters. The average Bonchev–Trinajstić information content (AvgIpc) is 2.64. The van der Waals surface area contributed by atoms with E-state index in [4.69, 9.17) is 0 Å². The molecule has 13 heavy (non-hydrogen) atoms. The molecule has 0 aliphatic carbocycles. The number of amides is 1. The molecule has 2 aliphatic heterocycles. The third-order valence-corrected chi connectivity index (χ3v) is 3.15. The van der Waals surface area contributed by atoms with Crippen LogP contribution in [0.2, 0.25) is 0 Å². The summed E-state index contributed by atoms with van der Waals surface area (Å²) in [6, 6.07) is 1.61. The predicted octanol–water partition coefficient (Wildman–Crippen LogP) is 0.651. The minimum atomic E-state index is 0.110. The van der Waals surface area contributed by atoms with E-state index in [-0.39, 0.29) is 11.8 Å². The highest BCUT2D eigenvalue weighted by atomic mass is 16.1. The second-order valence-corrected chi connectivity index (χ2v) is 4.55. The van der Waals surface area contributed by atoms with Gasteiger partial charge in [0.15, 0.2) is 0 Å². The highest BCUT2D eigenvalue weighted by Gasteiger charge is 2.39. The normalized spacial score (nSPS) is 37.0. The van der Waals surface area contributed by atoms with Crippen molar-refractivity contribution in [2.24, 2.45) is 5.92 Å². The van der Waals surface area contributed by atoms with E-state index in [9.17, 15) is 4.79 Å². The molecule has 1 amide bonds. The van der Waals surface area contributed by atoms with Crippen LogP contribution in [0.15, 0.2) is 0 Å². The van der Waals surface area contributed by atoms with Gasteiger partial charge in [-0.05, 0) is 19.3 Å². The summed E-state index contributed by atoms with van der Waals surface area (Å²) in [5.41, 5.74) is 0. The summed E-state index contributed by atoms with van der Waals surface area (Å²) < 4.78 is 0. The second-order valence-electron chi connectivity index (χ2n) is 4.55. The van der Waals surface area contributed by atoms with Gasteiger partial charge in [0.1, 0.15) is 0 Å². The number of hydrogen-bond acceptors (Lipinski definition) is 2. The van der Waals surface area contributed by atoms with Crippen molar-refractivity contribution < 1.29 is 4.79 Å². The number of hydrogen-bond donors (Lipinski definition) is 2. The number of fused-ring (bicyclic) bond motifs is 2. The van der Waals surface area contributed by atoms with Crippen LogP contribution in [0.3, 0.4) is 0 Å². The Hall–Kier alpha value is -0.570. The summed E-state index contributed by atoms with van der Waals surface area (Å²) in [6.07, 6.45) is 3.65. The van der Waals surface area contributed by atoms with Crippen molar-refractivity contribution in [3.63, 3.8) is 0 Å². The highest BCUT2D eigenvalue weighted by molar-refractivity contribution is 5.78. The van der Waals surface area contributed by atoms with Crippen molar-refractivity contribution in [3.8, 4) is 0 Å². The van der Waals surface area contributed by atoms with Gasteiger partial charge in [-0.2, -0.15) is 0 Å². The van der Waals surface area contributed by atoms with Gasteiger partial charge in [0, 0.05) is 24.0 Å². The highest BCUT2D eigenvalue weighted by Crippen LogP contribution is 2.28. The van der Waals surface area contributed by atoms with Crippen molar-refractivity contribution in [1.29, 1.82) is 0 Å². The van der Waals surface area contributed by atoms with Gasteiger partial charge in [-0.25, -0.2) is 0 Å². The first-order chi connectivity index (χ1) is 6.16. The Balaban J connectivity index is 1.86. The predicted molar refractivity (Wildman–Crippen MR) is 51.3 cm³/mol. The lowest BCUT2D eigenvalue weighted by Crippen LogP contribution is -2.44. The lowest BCUT2D eigenvalue weighted by molar-refractivity contribution is -0.124. The molecule has 2 saturated heterocycles. The Morgan fingerprint density at radius 1 is 1.46 bits per heavy atom. The Morgan fingerprint density at radius 3 is 2.69 bits per heavy atom. The molecule has 0 aromatic heterocycles. The molecule has 0 aromatic rings. The molecule has 2 fully saturated rings. The van der Waals surface area contributed by atoms with Crippen molar-refractivity contribution in [3.05, 3.63) is 0 Å². The maximum absolute atomic E-state index is 11.4. The third-order valence-electron chi connectivity index (χ3n) is 3.15. The zero-order chi connectivity index (χ0) is 9.42. The molecule has 3 atom stereocenters. The molecule has 74 valence electrons. The minimum Gasteiger partial charge on any atom is -0.352 e. The lowest BCUT2D eigenvalue weighted by atomic mass is 9.95. The van der Waals surface area contributed by atoms with Crippen LogP contribution >= 0.6 is 0 Å². The van der Waals surface area contributed by atoms with Crippen LogP contribution in [0.1, 0.15) is 33.1 Å². The van der Waals surface area contributed by atoms with E-state index in [2.05, 4.69) is 10.6 Å². The van der Waals surface area contributed by atoms with Crippen LogP contribution in [0, 0.1) is 5.92 Å². The van der Waals surface area contributed by atoms with Crippen molar-refractivity contribution >= 4 is 5.91 Å². The van der Waals surface area contributed by atoms with Crippen molar-refractivity contribution in [1.82, 2.24) is 10.6 Å². The van der Waals surface area contributed by atoms with Crippen molar-refractivity contribution in [2.75, 3.05) is 0 Å². The fourth-order valence-electron chi connectivity index (χ4n) is 2.33. The molecule has 0 spiro atoms. The van der Waals surface area contributed by atoms with E-state index in [1.807, 2.05) is 13.8 Å². The number of rotatable bonds is 2. The Morgan fingerprint density at radius 2 is 2.23 bits per heavy atom. The zero-order valence-corrected chi connectivity index (χ0v) is 8.34. The molecule has 2 N–H and O–H groups in total. The van der Waals surface area contributed by atoms with E-state index in [1.54, 1.807) is 0 Å². The Kier molecular flexibility index (Phi) is 2.28. The summed E-state index contributed by atoms with van der Waals surface area (Å²) in [4.78, 5) is 11.4. The van der Waals surface area contributed by atoms with Crippen LogP contribution < -0.4 is 10.6 Å². The Bertz CT molecular complexity index is 215. The summed E-state index contributed by atoms with van der Waals surface area (Å²) in [5, 5.41) is 6.62. The van der Waals surface area contributed by atoms with Crippen LogP contribution in [0.25, 0.3) is 0 Å². The molecule has 3 nitrogen and oxygen atoms in total. The fraction of sp³-hybridized carbons (Fsp3) is 0.900. The third kappa shape index (κ3) is 1.70. The first kappa shape index (κ1) is 9.00. The monoisotopic (exact) mass is 182 g/mol. The van der Waals surface area contributed by atoms with Crippen LogP contribution in [0.5, 0.6) is 0 Å². The average molecular weight is 182 g/mol. The summed E-state index contributed by atoms with van der Waals surface area (Å²) in [6.45, 7) is 3.88. The van der Waals surface area contributed by atoms with E-state index in [0.717, 1.165) is 6.42 Å². The maximum atomic E-state index is 11.4. The van der Waals surface area contributed by atoms with Gasteiger partial charge < -0.3 is 10.6 Å². The van der Waals surface area contributed by atoms with E-state index < -0.39 is 0 Å². The molecule has 0 saturated carbocycles. The molecule has 2 heterocycles. The molecule has 2 rings (SSSR count). The SMILES string of the molecule is CC(C)C(=O)N[C@@H]1C[C@H]2CC[C@H]1N2. The first-order valence-corrected chi connectivity index (χ1v) is 5.23. The molecule has 3 heteroatoms. The van der Waals surface area contributed by atoms with E-state index >= 15 is 0 Å². The zero-order valence-electron chi connectivity index (χ0n) is 8.34. The molecule has 2 aliphatic rings. The largest absolute Gasteiger partial charge is 0.352 e. The summed E-state index contributed by atoms with van der Waals surface area (Å²) in [5.74, 6) is 0.304.